The fourth-order valence-corrected chi connectivity index (χ4v) is 2.35. The van der Waals surface area contributed by atoms with Crippen LogP contribution in [-0.4, -0.2) is 25.7 Å². The van der Waals surface area contributed by atoms with Crippen molar-refractivity contribution in [1.82, 2.24) is 5.32 Å². The fraction of sp³-hybridized carbons (Fsp3) is 0.600. The van der Waals surface area contributed by atoms with Gasteiger partial charge >= 0.3 is 0 Å². The molecule has 1 aliphatic rings. The lowest BCUT2D eigenvalue weighted by atomic mass is 10.1. The topological polar surface area (TPSA) is 28.4 Å². The smallest absolute Gasteiger partial charge is 0.196 e. The fourth-order valence-electron chi connectivity index (χ4n) is 2.35. The Bertz CT molecular complexity index is 378. The molecule has 0 spiro atoms. The molecule has 0 saturated carbocycles. The lowest BCUT2D eigenvalue weighted by Crippen LogP contribution is -2.28. The summed E-state index contributed by atoms with van der Waals surface area (Å²) in [7, 11) is 0. The van der Waals surface area contributed by atoms with Crippen LogP contribution < -0.4 is 10.2 Å². The van der Waals surface area contributed by atoms with Crippen molar-refractivity contribution in [3.8, 4) is 0 Å². The molecule has 0 amide bonds. The van der Waals surface area contributed by atoms with Crippen LogP contribution in [-0.2, 0) is 0 Å². The molecule has 0 radical (unpaired) electrons. The summed E-state index contributed by atoms with van der Waals surface area (Å²) in [4.78, 5) is 2.34. The van der Waals surface area contributed by atoms with Crippen molar-refractivity contribution < 1.29 is 4.42 Å². The molecule has 1 aromatic heterocycles. The molecule has 1 aromatic rings. The molecule has 1 N–H and O–H groups in total. The molecule has 2 rings (SSSR count). The zero-order chi connectivity index (χ0) is 12.8. The Morgan fingerprint density at radius 3 is 2.83 bits per heavy atom. The highest BCUT2D eigenvalue weighted by Crippen LogP contribution is 2.23. The SMILES string of the molecule is CCNC(C)/C=C/c1ccc(N2CCCCC2)o1. The van der Waals surface area contributed by atoms with Gasteiger partial charge in [-0.1, -0.05) is 13.0 Å². The third kappa shape index (κ3) is 3.64. The first-order valence-electron chi connectivity index (χ1n) is 7.06. The van der Waals surface area contributed by atoms with Crippen LogP contribution in [0.4, 0.5) is 5.88 Å². The zero-order valence-electron chi connectivity index (χ0n) is 11.5. The standard InChI is InChI=1S/C15H24N2O/c1-3-16-13(2)7-8-14-9-10-15(18-14)17-11-5-4-6-12-17/h7-10,13,16H,3-6,11-12H2,1-2H3/b8-7+. The summed E-state index contributed by atoms with van der Waals surface area (Å²) in [5.41, 5.74) is 0. The molecule has 1 aliphatic heterocycles. The Balaban J connectivity index is 1.93. The zero-order valence-corrected chi connectivity index (χ0v) is 11.5. The minimum Gasteiger partial charge on any atom is -0.441 e. The number of likely N-dealkylation sites (N-methyl/N-ethyl adjacent to an activating group) is 1. The number of nitrogens with one attached hydrogen (secondary N) is 1. The molecule has 3 nitrogen and oxygen atoms in total. The van der Waals surface area contributed by atoms with Gasteiger partial charge in [-0.05, 0) is 44.9 Å². The average Bonchev–Trinajstić information content (AvgIpc) is 2.87. The first-order valence-corrected chi connectivity index (χ1v) is 7.06. The highest BCUT2D eigenvalue weighted by molar-refractivity contribution is 5.49. The predicted molar refractivity (Wildman–Crippen MR) is 76.9 cm³/mol. The van der Waals surface area contributed by atoms with Crippen molar-refractivity contribution in [2.45, 2.75) is 39.2 Å². The van der Waals surface area contributed by atoms with Gasteiger partial charge in [-0.15, -0.1) is 0 Å². The summed E-state index contributed by atoms with van der Waals surface area (Å²) in [6.07, 6.45) is 8.11. The summed E-state index contributed by atoms with van der Waals surface area (Å²) in [5.74, 6) is 1.96. The summed E-state index contributed by atoms with van der Waals surface area (Å²) in [6, 6.07) is 4.53. The first kappa shape index (κ1) is 13.2. The summed E-state index contributed by atoms with van der Waals surface area (Å²) in [6.45, 7) is 7.51. The molecular formula is C15H24N2O. The molecule has 1 fully saturated rings. The van der Waals surface area contributed by atoms with Gasteiger partial charge in [-0.3, -0.25) is 0 Å². The van der Waals surface area contributed by atoms with E-state index in [1.165, 1.54) is 19.3 Å². The monoisotopic (exact) mass is 248 g/mol. The molecule has 1 unspecified atom stereocenters. The van der Waals surface area contributed by atoms with E-state index in [4.69, 9.17) is 4.42 Å². The molecule has 0 aromatic carbocycles. The van der Waals surface area contributed by atoms with Crippen LogP contribution in [0.25, 0.3) is 6.08 Å². The molecule has 100 valence electrons. The van der Waals surface area contributed by atoms with Crippen LogP contribution in [0.15, 0.2) is 22.6 Å². The summed E-state index contributed by atoms with van der Waals surface area (Å²) < 4.78 is 5.86. The van der Waals surface area contributed by atoms with E-state index in [2.05, 4.69) is 48.3 Å². The van der Waals surface area contributed by atoms with Gasteiger partial charge in [-0.25, -0.2) is 0 Å². The van der Waals surface area contributed by atoms with E-state index in [1.807, 2.05) is 0 Å². The Kier molecular flexibility index (Phi) is 4.88. The van der Waals surface area contributed by atoms with Crippen LogP contribution in [0, 0.1) is 0 Å². The van der Waals surface area contributed by atoms with E-state index in [0.29, 0.717) is 6.04 Å². The third-order valence-electron chi connectivity index (χ3n) is 3.36. The normalized spacial score (nSPS) is 18.4. The Hall–Kier alpha value is -1.22. The summed E-state index contributed by atoms with van der Waals surface area (Å²) >= 11 is 0. The average molecular weight is 248 g/mol. The highest BCUT2D eigenvalue weighted by atomic mass is 16.4. The van der Waals surface area contributed by atoms with Gasteiger partial charge in [-0.2, -0.15) is 0 Å². The minimum absolute atomic E-state index is 0.388. The van der Waals surface area contributed by atoms with E-state index in [1.54, 1.807) is 0 Å². The second kappa shape index (κ2) is 6.64. The minimum atomic E-state index is 0.388. The third-order valence-corrected chi connectivity index (χ3v) is 3.36. The van der Waals surface area contributed by atoms with Gasteiger partial charge in [0.2, 0.25) is 0 Å². The number of furan rings is 1. The van der Waals surface area contributed by atoms with Crippen LogP contribution in [0.5, 0.6) is 0 Å². The van der Waals surface area contributed by atoms with Crippen molar-refractivity contribution in [2.24, 2.45) is 0 Å². The van der Waals surface area contributed by atoms with E-state index in [0.717, 1.165) is 31.3 Å². The summed E-state index contributed by atoms with van der Waals surface area (Å²) in [5, 5.41) is 3.35. The van der Waals surface area contributed by atoms with Crippen molar-refractivity contribution in [2.75, 3.05) is 24.5 Å². The maximum Gasteiger partial charge on any atom is 0.196 e. The van der Waals surface area contributed by atoms with Crippen molar-refractivity contribution in [1.29, 1.82) is 0 Å². The number of anilines is 1. The number of hydrogen-bond donors (Lipinski definition) is 1. The van der Waals surface area contributed by atoms with Crippen molar-refractivity contribution >= 4 is 12.0 Å². The second-order valence-electron chi connectivity index (χ2n) is 4.93. The van der Waals surface area contributed by atoms with Crippen LogP contribution >= 0.6 is 0 Å². The van der Waals surface area contributed by atoms with E-state index < -0.39 is 0 Å². The lowest BCUT2D eigenvalue weighted by molar-refractivity contribution is 0.495. The maximum atomic E-state index is 5.86. The van der Waals surface area contributed by atoms with Gasteiger partial charge in [0.05, 0.1) is 0 Å². The number of piperidine rings is 1. The molecule has 3 heteroatoms. The molecule has 18 heavy (non-hydrogen) atoms. The maximum absolute atomic E-state index is 5.86. The molecule has 2 heterocycles. The van der Waals surface area contributed by atoms with E-state index >= 15 is 0 Å². The van der Waals surface area contributed by atoms with Gasteiger partial charge in [0.25, 0.3) is 0 Å². The van der Waals surface area contributed by atoms with Crippen molar-refractivity contribution in [3.63, 3.8) is 0 Å². The molecule has 1 atom stereocenters. The quantitative estimate of drug-likeness (QED) is 0.867. The highest BCUT2D eigenvalue weighted by Gasteiger charge is 2.13. The molecule has 0 bridgehead atoms. The molecule has 0 aliphatic carbocycles. The lowest BCUT2D eigenvalue weighted by Gasteiger charge is -2.25. The van der Waals surface area contributed by atoms with Crippen LogP contribution in [0.1, 0.15) is 38.9 Å². The molecule has 1 saturated heterocycles. The van der Waals surface area contributed by atoms with Crippen LogP contribution in [0.2, 0.25) is 0 Å². The molecular weight excluding hydrogens is 224 g/mol. The van der Waals surface area contributed by atoms with Crippen molar-refractivity contribution in [3.05, 3.63) is 24.0 Å². The first-order chi connectivity index (χ1) is 8.79. The Morgan fingerprint density at radius 2 is 2.11 bits per heavy atom. The Labute approximate surface area is 110 Å². The number of hydrogen-bond acceptors (Lipinski definition) is 3. The van der Waals surface area contributed by atoms with E-state index in [9.17, 15) is 0 Å². The van der Waals surface area contributed by atoms with Gasteiger partial charge < -0.3 is 14.6 Å². The van der Waals surface area contributed by atoms with E-state index in [-0.39, 0.29) is 0 Å². The predicted octanol–water partition coefficient (Wildman–Crippen LogP) is 3.28. The van der Waals surface area contributed by atoms with Gasteiger partial charge in [0, 0.05) is 25.2 Å². The van der Waals surface area contributed by atoms with Gasteiger partial charge in [0.1, 0.15) is 5.76 Å². The van der Waals surface area contributed by atoms with Gasteiger partial charge in [0.15, 0.2) is 5.88 Å². The number of rotatable bonds is 5. The second-order valence-corrected chi connectivity index (χ2v) is 4.93. The largest absolute Gasteiger partial charge is 0.441 e. The number of nitrogens with zero attached hydrogens (tertiary/aromatic N) is 1. The Morgan fingerprint density at radius 1 is 1.33 bits per heavy atom. The van der Waals surface area contributed by atoms with Crippen LogP contribution in [0.3, 0.4) is 0 Å².